The van der Waals surface area contributed by atoms with E-state index in [2.05, 4.69) is 4.72 Å². The maximum atomic E-state index is 14.3. The molecule has 4 rings (SSSR count). The Morgan fingerprint density at radius 2 is 1.69 bits per heavy atom. The van der Waals surface area contributed by atoms with Gasteiger partial charge in [-0.3, -0.25) is 9.52 Å². The second-order valence-corrected chi connectivity index (χ2v) is 15.9. The minimum atomic E-state index is -3.98. The average Bonchev–Trinajstić information content (AvgIpc) is 3.06. The summed E-state index contributed by atoms with van der Waals surface area (Å²) in [6, 6.07) is 16.3. The number of anilines is 1. The van der Waals surface area contributed by atoms with Gasteiger partial charge in [-0.05, 0) is 87.7 Å². The van der Waals surface area contributed by atoms with Crippen LogP contribution >= 0.6 is 0 Å². The Kier molecular flexibility index (Phi) is 12.6. The summed E-state index contributed by atoms with van der Waals surface area (Å²) in [5, 5.41) is 10.2. The lowest BCUT2D eigenvalue weighted by atomic mass is 10.0. The molecular formula is C34H44FN3O8S2. The first-order valence-corrected chi connectivity index (χ1v) is 18.8. The molecule has 0 bridgehead atoms. The molecule has 262 valence electrons. The van der Waals surface area contributed by atoms with E-state index in [-0.39, 0.29) is 52.6 Å². The summed E-state index contributed by atoms with van der Waals surface area (Å²) in [7, 11) is -6.51. The number of sulfonamides is 2. The molecule has 3 aromatic carbocycles. The molecule has 0 saturated heterocycles. The maximum Gasteiger partial charge on any atom is 0.261 e. The second kappa shape index (κ2) is 16.2. The molecule has 48 heavy (non-hydrogen) atoms. The third kappa shape index (κ3) is 9.32. The minimum Gasteiger partial charge on any atom is -0.490 e. The van der Waals surface area contributed by atoms with Crippen LogP contribution in [0.25, 0.3) is 0 Å². The predicted molar refractivity (Wildman–Crippen MR) is 180 cm³/mol. The van der Waals surface area contributed by atoms with E-state index in [9.17, 15) is 31.1 Å². The zero-order chi connectivity index (χ0) is 35.1. The van der Waals surface area contributed by atoms with Crippen molar-refractivity contribution in [1.82, 2.24) is 9.21 Å². The lowest BCUT2D eigenvalue weighted by Gasteiger charge is -2.35. The van der Waals surface area contributed by atoms with Gasteiger partial charge in [0, 0.05) is 38.3 Å². The van der Waals surface area contributed by atoms with E-state index in [0.29, 0.717) is 19.4 Å². The molecular weight excluding hydrogens is 662 g/mol. The number of aliphatic hydroxyl groups is 1. The fraction of sp³-hybridized carbons (Fsp3) is 0.441. The molecule has 0 radical (unpaired) electrons. The Morgan fingerprint density at radius 3 is 2.35 bits per heavy atom. The molecule has 0 unspecified atom stereocenters. The zero-order valence-electron chi connectivity index (χ0n) is 27.6. The molecule has 1 amide bonds. The molecule has 1 aliphatic heterocycles. The van der Waals surface area contributed by atoms with Gasteiger partial charge in [-0.25, -0.2) is 21.2 Å². The van der Waals surface area contributed by atoms with Crippen molar-refractivity contribution in [3.63, 3.8) is 0 Å². The van der Waals surface area contributed by atoms with E-state index in [1.165, 1.54) is 48.3 Å². The van der Waals surface area contributed by atoms with Crippen molar-refractivity contribution >= 4 is 31.6 Å². The van der Waals surface area contributed by atoms with Crippen LogP contribution in [-0.4, -0.2) is 88.7 Å². The molecule has 0 saturated carbocycles. The fourth-order valence-electron chi connectivity index (χ4n) is 5.40. The molecule has 11 nitrogen and oxygen atoms in total. The topological polar surface area (TPSA) is 143 Å². The summed E-state index contributed by atoms with van der Waals surface area (Å²) in [5.74, 6) is -1.20. The van der Waals surface area contributed by atoms with Gasteiger partial charge < -0.3 is 19.5 Å². The first-order valence-electron chi connectivity index (χ1n) is 15.9. The van der Waals surface area contributed by atoms with Gasteiger partial charge in [0.05, 0.1) is 40.2 Å². The van der Waals surface area contributed by atoms with Gasteiger partial charge in [-0.15, -0.1) is 0 Å². The molecule has 14 heteroatoms. The summed E-state index contributed by atoms with van der Waals surface area (Å²) in [5.41, 5.74) is 0.259. The molecule has 4 atom stereocenters. The zero-order valence-corrected chi connectivity index (χ0v) is 29.2. The second-order valence-electron chi connectivity index (χ2n) is 12.2. The number of nitrogens with one attached hydrogen (secondary N) is 1. The van der Waals surface area contributed by atoms with Crippen LogP contribution in [0.3, 0.4) is 0 Å². The molecule has 2 N–H and O–H groups in total. The molecule has 1 heterocycles. The number of carbonyl (C=O) groups excluding carboxylic acids is 1. The summed E-state index contributed by atoms with van der Waals surface area (Å²) in [6.07, 6.45) is 1.10. The van der Waals surface area contributed by atoms with Crippen molar-refractivity contribution in [3.8, 4) is 5.75 Å². The van der Waals surface area contributed by atoms with Gasteiger partial charge in [0.2, 0.25) is 10.0 Å². The van der Waals surface area contributed by atoms with E-state index in [4.69, 9.17) is 9.47 Å². The first kappa shape index (κ1) is 37.3. The molecule has 0 fully saturated rings. The van der Waals surface area contributed by atoms with Crippen molar-refractivity contribution in [3.05, 3.63) is 84.2 Å². The molecule has 0 aromatic heterocycles. The normalized spacial score (nSPS) is 20.8. The van der Waals surface area contributed by atoms with Crippen LogP contribution < -0.4 is 9.46 Å². The van der Waals surface area contributed by atoms with Crippen LogP contribution in [0.4, 0.5) is 10.1 Å². The Morgan fingerprint density at radius 1 is 1.00 bits per heavy atom. The number of hydrogen-bond donors (Lipinski definition) is 2. The number of aliphatic hydroxyl groups excluding tert-OH is 1. The Balaban J connectivity index is 1.67. The number of benzene rings is 3. The first-order chi connectivity index (χ1) is 22.7. The number of likely N-dealkylation sites (N-methyl/N-ethyl adjacent to an activating group) is 1. The van der Waals surface area contributed by atoms with E-state index in [1.54, 1.807) is 31.2 Å². The molecule has 3 aromatic rings. The Labute approximate surface area is 282 Å². The van der Waals surface area contributed by atoms with E-state index in [1.807, 2.05) is 13.8 Å². The molecule has 0 spiro atoms. The van der Waals surface area contributed by atoms with Gasteiger partial charge in [-0.1, -0.05) is 25.1 Å². The third-order valence-corrected chi connectivity index (χ3v) is 11.6. The number of hydrogen-bond acceptors (Lipinski definition) is 8. The van der Waals surface area contributed by atoms with Crippen molar-refractivity contribution in [1.29, 1.82) is 0 Å². The van der Waals surface area contributed by atoms with E-state index >= 15 is 0 Å². The highest BCUT2D eigenvalue weighted by Gasteiger charge is 2.32. The maximum absolute atomic E-state index is 14.3. The summed E-state index contributed by atoms with van der Waals surface area (Å²) in [4.78, 5) is 15.8. The van der Waals surface area contributed by atoms with Gasteiger partial charge >= 0.3 is 0 Å². The molecule has 1 aliphatic rings. The number of rotatable bonds is 9. The van der Waals surface area contributed by atoms with Crippen molar-refractivity contribution in [2.24, 2.45) is 5.92 Å². The largest absolute Gasteiger partial charge is 0.490 e. The van der Waals surface area contributed by atoms with E-state index < -0.39 is 49.8 Å². The van der Waals surface area contributed by atoms with Crippen LogP contribution in [0.2, 0.25) is 0 Å². The van der Waals surface area contributed by atoms with Crippen LogP contribution in [0.15, 0.2) is 82.6 Å². The Bertz CT molecular complexity index is 1740. The van der Waals surface area contributed by atoms with Crippen LogP contribution in [-0.2, 0) is 24.8 Å². The van der Waals surface area contributed by atoms with Crippen molar-refractivity contribution < 1.29 is 40.6 Å². The lowest BCUT2D eigenvalue weighted by molar-refractivity contribution is -0.00834. The minimum absolute atomic E-state index is 0.0437. The van der Waals surface area contributed by atoms with E-state index in [0.717, 1.165) is 22.9 Å². The predicted octanol–water partition coefficient (Wildman–Crippen LogP) is 4.74. The van der Waals surface area contributed by atoms with Gasteiger partial charge in [-0.2, -0.15) is 4.31 Å². The SMILES string of the molecule is C[C@@H]1CN([C@H](C)CO)C(=O)c2cc(NS(=O)(=O)c3ccccc3)ccc2O[C@@H](C)CCCCO[C@H]1CN(C)S(=O)(=O)c1ccc(F)cc1. The van der Waals surface area contributed by atoms with Crippen molar-refractivity contribution in [2.75, 3.05) is 38.1 Å². The Hall–Kier alpha value is -3.56. The van der Waals surface area contributed by atoms with Crippen LogP contribution in [0, 0.1) is 11.7 Å². The average molecular weight is 706 g/mol. The standard InChI is InChI=1S/C34H44FN3O8S2/c1-24-21-38(25(2)23-39)34(40)31-20-28(36-47(41,42)29-11-6-5-7-12-29)15-18-32(31)46-26(3)10-8-9-19-45-33(24)22-37(4)48(43,44)30-16-13-27(35)14-17-30/h5-7,11-18,20,24-26,33,36,39H,8-10,19,21-23H2,1-4H3/t24-,25-,26+,33+/m1/s1. The monoisotopic (exact) mass is 705 g/mol. The number of amides is 1. The number of ether oxygens (including phenoxy) is 2. The number of carbonyl (C=O) groups is 1. The molecule has 0 aliphatic carbocycles. The van der Waals surface area contributed by atoms with Crippen molar-refractivity contribution in [2.45, 2.75) is 68.1 Å². The van der Waals surface area contributed by atoms with Gasteiger partial charge in [0.1, 0.15) is 11.6 Å². The van der Waals surface area contributed by atoms with Crippen LogP contribution in [0.1, 0.15) is 50.4 Å². The number of halogens is 1. The summed E-state index contributed by atoms with van der Waals surface area (Å²) < 4.78 is 82.5. The highest BCUT2D eigenvalue weighted by molar-refractivity contribution is 7.92. The van der Waals surface area contributed by atoms with Crippen LogP contribution in [0.5, 0.6) is 5.75 Å². The lowest BCUT2D eigenvalue weighted by Crippen LogP contribution is -2.48. The quantitative estimate of drug-likeness (QED) is 0.325. The summed E-state index contributed by atoms with van der Waals surface area (Å²) in [6.45, 7) is 5.40. The third-order valence-electron chi connectivity index (χ3n) is 8.32. The van der Waals surface area contributed by atoms with Gasteiger partial charge in [0.15, 0.2) is 0 Å². The smallest absolute Gasteiger partial charge is 0.261 e. The fourth-order valence-corrected chi connectivity index (χ4v) is 7.65. The highest BCUT2D eigenvalue weighted by Crippen LogP contribution is 2.30. The summed E-state index contributed by atoms with van der Waals surface area (Å²) >= 11 is 0. The number of fused-ring (bicyclic) bond motifs is 1. The highest BCUT2D eigenvalue weighted by atomic mass is 32.2. The number of nitrogens with zero attached hydrogens (tertiary/aromatic N) is 2. The van der Waals surface area contributed by atoms with Gasteiger partial charge in [0.25, 0.3) is 15.9 Å².